The smallest absolute Gasteiger partial charge is 0.194 e. The third kappa shape index (κ3) is 3.83. The Morgan fingerprint density at radius 2 is 1.32 bits per heavy atom. The second kappa shape index (κ2) is 6.42. The van der Waals surface area contributed by atoms with Crippen molar-refractivity contribution in [2.24, 2.45) is 0 Å². The minimum absolute atomic E-state index is 0. The van der Waals surface area contributed by atoms with E-state index >= 15 is 0 Å². The first kappa shape index (κ1) is 18.7. The number of alkyl halides is 7. The molecule has 0 aromatic rings. The summed E-state index contributed by atoms with van der Waals surface area (Å²) < 4.78 is 88.2. The van der Waals surface area contributed by atoms with Gasteiger partial charge in [0.1, 0.15) is 0 Å². The van der Waals surface area contributed by atoms with Crippen molar-refractivity contribution in [3.05, 3.63) is 23.8 Å². The van der Waals surface area contributed by atoms with Gasteiger partial charge >= 0.3 is 18.0 Å². The zero-order chi connectivity index (χ0) is 14.0. The summed E-state index contributed by atoms with van der Waals surface area (Å²) in [5.41, 5.74) is -1.14. The molecule has 0 radical (unpaired) electrons. The number of allylic oxidation sites excluding steroid dienone is 4. The van der Waals surface area contributed by atoms with E-state index in [1.807, 2.05) is 0 Å². The van der Waals surface area contributed by atoms with Crippen molar-refractivity contribution in [1.82, 2.24) is 0 Å². The maximum atomic E-state index is 13.3. The summed E-state index contributed by atoms with van der Waals surface area (Å²) in [6.07, 6.45) is -2.43. The van der Waals surface area contributed by atoms with Gasteiger partial charge in [-0.3, -0.25) is 0 Å². The van der Waals surface area contributed by atoms with Gasteiger partial charge < -0.3 is 0 Å². The van der Waals surface area contributed by atoms with Gasteiger partial charge in [0.05, 0.1) is 0 Å². The van der Waals surface area contributed by atoms with Crippen molar-refractivity contribution in [3.63, 3.8) is 0 Å². The number of rotatable bonds is 2. The van der Waals surface area contributed by atoms with Gasteiger partial charge in [-0.1, -0.05) is 18.2 Å². The molecule has 1 aliphatic rings. The molecule has 0 aromatic heterocycles. The van der Waals surface area contributed by atoms with Crippen molar-refractivity contribution in [2.45, 2.75) is 43.7 Å². The zero-order valence-electron chi connectivity index (χ0n) is 9.52. The maximum Gasteiger partial charge on any atom is 0.460 e. The monoisotopic (exact) mass is 471 g/mol. The SMILES string of the molecule is FC(F)(F)C(F)(F)C(F)(F)/C1=C/CC/C=C\CC1.[Pt]. The first-order valence-corrected chi connectivity index (χ1v) is 5.27. The van der Waals surface area contributed by atoms with E-state index in [1.165, 1.54) is 6.08 Å². The van der Waals surface area contributed by atoms with Gasteiger partial charge in [0, 0.05) is 26.6 Å². The first-order valence-electron chi connectivity index (χ1n) is 5.27. The van der Waals surface area contributed by atoms with Gasteiger partial charge in [-0.2, -0.15) is 30.7 Å². The molecule has 0 bridgehead atoms. The normalized spacial score (nSPS) is 22.6. The second-order valence-corrected chi connectivity index (χ2v) is 3.96. The number of hydrogen-bond acceptors (Lipinski definition) is 0. The average Bonchev–Trinajstić information content (AvgIpc) is 2.13. The minimum Gasteiger partial charge on any atom is -0.194 e. The quantitative estimate of drug-likeness (QED) is 0.398. The molecule has 0 saturated carbocycles. The van der Waals surface area contributed by atoms with Gasteiger partial charge in [-0.15, -0.1) is 0 Å². The molecular formula is C11H11F7Pt. The fourth-order valence-corrected chi connectivity index (χ4v) is 1.60. The first-order chi connectivity index (χ1) is 8.11. The third-order valence-corrected chi connectivity index (χ3v) is 2.62. The van der Waals surface area contributed by atoms with E-state index in [9.17, 15) is 30.7 Å². The van der Waals surface area contributed by atoms with E-state index < -0.39 is 30.0 Å². The van der Waals surface area contributed by atoms with Gasteiger partial charge in [0.2, 0.25) is 0 Å². The van der Waals surface area contributed by atoms with Crippen LogP contribution in [0.5, 0.6) is 0 Å². The van der Waals surface area contributed by atoms with Crippen molar-refractivity contribution >= 4 is 0 Å². The average molecular weight is 471 g/mol. The number of hydrogen-bond donors (Lipinski definition) is 0. The summed E-state index contributed by atoms with van der Waals surface area (Å²) in [5.74, 6) is -11.2. The van der Waals surface area contributed by atoms with Crippen LogP contribution in [-0.2, 0) is 21.1 Å². The van der Waals surface area contributed by atoms with E-state index in [4.69, 9.17) is 0 Å². The molecule has 8 heteroatoms. The van der Waals surface area contributed by atoms with Crippen LogP contribution in [0.2, 0.25) is 0 Å². The molecule has 0 amide bonds. The summed E-state index contributed by atoms with van der Waals surface area (Å²) in [7, 11) is 0. The Bertz CT molecular complexity index is 355. The van der Waals surface area contributed by atoms with Gasteiger partial charge in [0.25, 0.3) is 0 Å². The molecule has 1 rings (SSSR count). The molecule has 114 valence electrons. The van der Waals surface area contributed by atoms with Gasteiger partial charge in [0.15, 0.2) is 0 Å². The van der Waals surface area contributed by atoms with Crippen molar-refractivity contribution in [3.8, 4) is 0 Å². The minimum atomic E-state index is -6.27. The zero-order valence-corrected chi connectivity index (χ0v) is 11.8. The topological polar surface area (TPSA) is 0 Å². The third-order valence-electron chi connectivity index (χ3n) is 2.62. The molecule has 0 aromatic carbocycles. The van der Waals surface area contributed by atoms with Crippen LogP contribution in [0.25, 0.3) is 0 Å². The van der Waals surface area contributed by atoms with Crippen molar-refractivity contribution in [2.75, 3.05) is 0 Å². The molecule has 0 spiro atoms. The Kier molecular flexibility index (Phi) is 6.31. The molecule has 0 fully saturated rings. The van der Waals surface area contributed by atoms with Crippen molar-refractivity contribution in [1.29, 1.82) is 0 Å². The second-order valence-electron chi connectivity index (χ2n) is 3.96. The summed E-state index contributed by atoms with van der Waals surface area (Å²) in [6.45, 7) is 0. The summed E-state index contributed by atoms with van der Waals surface area (Å²) in [4.78, 5) is 0. The maximum absolute atomic E-state index is 13.3. The molecule has 1 aliphatic carbocycles. The van der Waals surface area contributed by atoms with Crippen LogP contribution in [0.3, 0.4) is 0 Å². The van der Waals surface area contributed by atoms with E-state index in [2.05, 4.69) is 0 Å². The van der Waals surface area contributed by atoms with E-state index in [0.29, 0.717) is 6.42 Å². The Morgan fingerprint density at radius 3 is 1.84 bits per heavy atom. The van der Waals surface area contributed by atoms with Gasteiger partial charge in [-0.05, 0) is 25.7 Å². The Balaban J connectivity index is 0.00000324. The van der Waals surface area contributed by atoms with Crippen LogP contribution in [0.4, 0.5) is 30.7 Å². The fourth-order valence-electron chi connectivity index (χ4n) is 1.60. The van der Waals surface area contributed by atoms with Crippen LogP contribution < -0.4 is 0 Å². The van der Waals surface area contributed by atoms with Crippen LogP contribution in [-0.4, -0.2) is 18.0 Å². The molecule has 0 atom stereocenters. The van der Waals surface area contributed by atoms with Crippen LogP contribution in [0, 0.1) is 0 Å². The molecule has 0 N–H and O–H groups in total. The van der Waals surface area contributed by atoms with Crippen molar-refractivity contribution < 1.29 is 51.8 Å². The predicted octanol–water partition coefficient (Wildman–Crippen LogP) is 4.87. The Labute approximate surface area is 120 Å². The van der Waals surface area contributed by atoms with Crippen LogP contribution in [0.15, 0.2) is 23.8 Å². The van der Waals surface area contributed by atoms with Gasteiger partial charge in [-0.25, -0.2) is 0 Å². The molecule has 19 heavy (non-hydrogen) atoms. The summed E-state index contributed by atoms with van der Waals surface area (Å²) in [5, 5.41) is 0. The molecule has 0 saturated heterocycles. The largest absolute Gasteiger partial charge is 0.460 e. The van der Waals surface area contributed by atoms with Crippen LogP contribution >= 0.6 is 0 Å². The molecule has 0 nitrogen and oxygen atoms in total. The fraction of sp³-hybridized carbons (Fsp3) is 0.636. The summed E-state index contributed by atoms with van der Waals surface area (Å²) in [6, 6.07) is 0. The molecule has 0 heterocycles. The summed E-state index contributed by atoms with van der Waals surface area (Å²) >= 11 is 0. The Morgan fingerprint density at radius 1 is 0.789 bits per heavy atom. The molecule has 0 aliphatic heterocycles. The molecular weight excluding hydrogens is 460 g/mol. The number of halogens is 7. The molecule has 0 unspecified atom stereocenters. The van der Waals surface area contributed by atoms with E-state index in [-0.39, 0.29) is 33.9 Å². The van der Waals surface area contributed by atoms with Crippen LogP contribution in [0.1, 0.15) is 25.7 Å². The van der Waals surface area contributed by atoms with E-state index in [0.717, 1.165) is 6.08 Å². The standard InChI is InChI=1S/C11H11F7.Pt/c12-9(13,10(14,15)11(16,17)18)8-6-4-2-1-3-5-7-8;/h1-2,7H,3-6H2;/b2-1-,8-7+;. The Hall–Kier alpha value is -0.322. The predicted molar refractivity (Wildman–Crippen MR) is 51.6 cm³/mol. The van der Waals surface area contributed by atoms with E-state index in [1.54, 1.807) is 6.08 Å².